The third-order valence-electron chi connectivity index (χ3n) is 3.88. The number of nitrogens with one attached hydrogen (secondary N) is 2. The molecule has 2 rings (SSSR count). The van der Waals surface area contributed by atoms with Crippen LogP contribution in [0.1, 0.15) is 32.3 Å². The van der Waals surface area contributed by atoms with Crippen molar-refractivity contribution >= 4 is 5.69 Å². The van der Waals surface area contributed by atoms with E-state index in [9.17, 15) is 0 Å². The van der Waals surface area contributed by atoms with Gasteiger partial charge in [-0.2, -0.15) is 5.26 Å². The molecule has 18 heavy (non-hydrogen) atoms. The van der Waals surface area contributed by atoms with Gasteiger partial charge in [0.1, 0.15) is 6.07 Å². The zero-order valence-corrected chi connectivity index (χ0v) is 11.2. The largest absolute Gasteiger partial charge is 0.382 e. The molecule has 0 radical (unpaired) electrons. The molecule has 1 saturated heterocycles. The van der Waals surface area contributed by atoms with E-state index >= 15 is 0 Å². The first-order valence-corrected chi connectivity index (χ1v) is 6.60. The number of nitrogens with zero attached hydrogens (tertiary/aromatic N) is 1. The molecule has 3 heteroatoms. The molecule has 0 aromatic heterocycles. The molecule has 0 saturated carbocycles. The highest BCUT2D eigenvalue weighted by Crippen LogP contribution is 2.30. The van der Waals surface area contributed by atoms with Crippen molar-refractivity contribution in [2.24, 2.45) is 5.41 Å². The molecular weight excluding hydrogens is 222 g/mol. The molecule has 1 fully saturated rings. The monoisotopic (exact) mass is 243 g/mol. The SMILES string of the molecule is CC1(C)CCCNC1CNc1ccccc1C#N. The molecule has 1 aromatic carbocycles. The van der Waals surface area contributed by atoms with Gasteiger partial charge in [0.25, 0.3) is 0 Å². The zero-order chi connectivity index (χ0) is 13.0. The van der Waals surface area contributed by atoms with Crippen molar-refractivity contribution in [1.82, 2.24) is 5.32 Å². The molecule has 1 heterocycles. The summed E-state index contributed by atoms with van der Waals surface area (Å²) in [7, 11) is 0. The number of nitriles is 1. The first-order valence-electron chi connectivity index (χ1n) is 6.60. The summed E-state index contributed by atoms with van der Waals surface area (Å²) in [5.74, 6) is 0. The fraction of sp³-hybridized carbons (Fsp3) is 0.533. The Balaban J connectivity index is 2.01. The molecule has 1 aliphatic rings. The molecule has 0 bridgehead atoms. The molecule has 1 atom stereocenters. The van der Waals surface area contributed by atoms with Crippen LogP contribution in [0, 0.1) is 16.7 Å². The Hall–Kier alpha value is -1.53. The highest BCUT2D eigenvalue weighted by molar-refractivity contribution is 5.57. The lowest BCUT2D eigenvalue weighted by Gasteiger charge is -2.39. The van der Waals surface area contributed by atoms with Crippen molar-refractivity contribution in [3.05, 3.63) is 29.8 Å². The molecule has 0 amide bonds. The lowest BCUT2D eigenvalue weighted by atomic mass is 9.77. The van der Waals surface area contributed by atoms with E-state index < -0.39 is 0 Å². The van der Waals surface area contributed by atoms with Crippen molar-refractivity contribution in [3.63, 3.8) is 0 Å². The van der Waals surface area contributed by atoms with Crippen molar-refractivity contribution in [3.8, 4) is 6.07 Å². The summed E-state index contributed by atoms with van der Waals surface area (Å²) in [6, 6.07) is 10.3. The van der Waals surface area contributed by atoms with Gasteiger partial charge in [0.05, 0.1) is 11.3 Å². The number of rotatable bonds is 3. The van der Waals surface area contributed by atoms with Crippen molar-refractivity contribution in [1.29, 1.82) is 5.26 Å². The Morgan fingerprint density at radius 2 is 2.22 bits per heavy atom. The standard InChI is InChI=1S/C15H21N3/c1-15(2)8-5-9-17-14(15)11-18-13-7-4-3-6-12(13)10-16/h3-4,6-7,14,17-18H,5,8-9,11H2,1-2H3. The highest BCUT2D eigenvalue weighted by atomic mass is 15.0. The van der Waals surface area contributed by atoms with E-state index in [1.54, 1.807) is 0 Å². The lowest BCUT2D eigenvalue weighted by molar-refractivity contribution is 0.188. The van der Waals surface area contributed by atoms with Crippen LogP contribution in [0.3, 0.4) is 0 Å². The first-order chi connectivity index (χ1) is 8.63. The maximum absolute atomic E-state index is 9.05. The fourth-order valence-corrected chi connectivity index (χ4v) is 2.57. The van der Waals surface area contributed by atoms with Crippen molar-refractivity contribution in [2.75, 3.05) is 18.4 Å². The van der Waals surface area contributed by atoms with Crippen LogP contribution in [0.2, 0.25) is 0 Å². The van der Waals surface area contributed by atoms with E-state index in [1.165, 1.54) is 12.8 Å². The van der Waals surface area contributed by atoms with E-state index in [2.05, 4.69) is 30.6 Å². The second-order valence-electron chi connectivity index (χ2n) is 5.64. The predicted molar refractivity (Wildman–Crippen MR) is 74.5 cm³/mol. The number of hydrogen-bond acceptors (Lipinski definition) is 3. The number of anilines is 1. The Morgan fingerprint density at radius 3 is 2.94 bits per heavy atom. The predicted octanol–water partition coefficient (Wildman–Crippen LogP) is 2.75. The van der Waals surface area contributed by atoms with E-state index in [1.807, 2.05) is 24.3 Å². The molecule has 3 nitrogen and oxygen atoms in total. The van der Waals surface area contributed by atoms with Gasteiger partial charge in [0, 0.05) is 12.6 Å². The molecule has 0 aliphatic carbocycles. The topological polar surface area (TPSA) is 47.8 Å². The Bertz CT molecular complexity index is 445. The minimum atomic E-state index is 0.312. The summed E-state index contributed by atoms with van der Waals surface area (Å²) in [5.41, 5.74) is 1.96. The fourth-order valence-electron chi connectivity index (χ4n) is 2.57. The smallest absolute Gasteiger partial charge is 0.101 e. The average Bonchev–Trinajstić information content (AvgIpc) is 2.37. The maximum Gasteiger partial charge on any atom is 0.101 e. The summed E-state index contributed by atoms with van der Waals surface area (Å²) in [4.78, 5) is 0. The quantitative estimate of drug-likeness (QED) is 0.858. The minimum absolute atomic E-state index is 0.312. The number of hydrogen-bond donors (Lipinski definition) is 2. The summed E-state index contributed by atoms with van der Waals surface area (Å²) in [5, 5.41) is 16.0. The highest BCUT2D eigenvalue weighted by Gasteiger charge is 2.31. The van der Waals surface area contributed by atoms with Gasteiger partial charge in [0.2, 0.25) is 0 Å². The zero-order valence-electron chi connectivity index (χ0n) is 11.2. The van der Waals surface area contributed by atoms with Crippen molar-refractivity contribution in [2.45, 2.75) is 32.7 Å². The number of piperidine rings is 1. The molecular formula is C15H21N3. The maximum atomic E-state index is 9.05. The van der Waals surface area contributed by atoms with Crippen LogP contribution < -0.4 is 10.6 Å². The lowest BCUT2D eigenvalue weighted by Crippen LogP contribution is -2.50. The molecule has 1 aliphatic heterocycles. The van der Waals surface area contributed by atoms with Crippen LogP contribution in [0.5, 0.6) is 0 Å². The number of benzene rings is 1. The van der Waals surface area contributed by atoms with Crippen LogP contribution >= 0.6 is 0 Å². The first kappa shape index (κ1) is 12.9. The van der Waals surface area contributed by atoms with E-state index in [4.69, 9.17) is 5.26 Å². The Labute approximate surface area is 109 Å². The van der Waals surface area contributed by atoms with Gasteiger partial charge in [-0.15, -0.1) is 0 Å². The average molecular weight is 243 g/mol. The van der Waals surface area contributed by atoms with Crippen molar-refractivity contribution < 1.29 is 0 Å². The second-order valence-corrected chi connectivity index (χ2v) is 5.64. The van der Waals surface area contributed by atoms with E-state index in [0.29, 0.717) is 17.0 Å². The van der Waals surface area contributed by atoms with Crippen LogP contribution in [-0.4, -0.2) is 19.1 Å². The van der Waals surface area contributed by atoms with Gasteiger partial charge in [-0.1, -0.05) is 26.0 Å². The van der Waals surface area contributed by atoms with Gasteiger partial charge in [-0.25, -0.2) is 0 Å². The van der Waals surface area contributed by atoms with E-state index in [-0.39, 0.29) is 0 Å². The van der Waals surface area contributed by atoms with Gasteiger partial charge < -0.3 is 10.6 Å². The summed E-state index contributed by atoms with van der Waals surface area (Å²) in [6.07, 6.45) is 2.50. The second kappa shape index (κ2) is 5.41. The summed E-state index contributed by atoms with van der Waals surface area (Å²) in [6.45, 7) is 6.57. The Morgan fingerprint density at radius 1 is 1.44 bits per heavy atom. The van der Waals surface area contributed by atoms with Gasteiger partial charge in [-0.05, 0) is 36.9 Å². The molecule has 1 unspecified atom stereocenters. The van der Waals surface area contributed by atoms with Crippen LogP contribution in [0.25, 0.3) is 0 Å². The summed E-state index contributed by atoms with van der Waals surface area (Å²) >= 11 is 0. The number of para-hydroxylation sites is 1. The normalized spacial score (nSPS) is 22.2. The molecule has 1 aromatic rings. The van der Waals surface area contributed by atoms with Gasteiger partial charge in [-0.3, -0.25) is 0 Å². The molecule has 2 N–H and O–H groups in total. The summed E-state index contributed by atoms with van der Waals surface area (Å²) < 4.78 is 0. The minimum Gasteiger partial charge on any atom is -0.382 e. The van der Waals surface area contributed by atoms with Crippen LogP contribution in [-0.2, 0) is 0 Å². The Kier molecular flexibility index (Phi) is 3.88. The molecule has 0 spiro atoms. The van der Waals surface area contributed by atoms with Gasteiger partial charge in [0.15, 0.2) is 0 Å². The third kappa shape index (κ3) is 2.83. The molecule has 96 valence electrons. The van der Waals surface area contributed by atoms with Gasteiger partial charge >= 0.3 is 0 Å². The van der Waals surface area contributed by atoms with Crippen LogP contribution in [0.4, 0.5) is 5.69 Å². The van der Waals surface area contributed by atoms with E-state index in [0.717, 1.165) is 18.8 Å². The third-order valence-corrected chi connectivity index (χ3v) is 3.88. The van der Waals surface area contributed by atoms with Crippen LogP contribution in [0.15, 0.2) is 24.3 Å².